The second-order valence-electron chi connectivity index (χ2n) is 6.71. The number of nitrogens with one attached hydrogen (secondary N) is 1. The Bertz CT molecular complexity index is 1100. The molecule has 1 aliphatic heterocycles. The van der Waals surface area contributed by atoms with Crippen LogP contribution in [0.3, 0.4) is 0 Å². The zero-order chi connectivity index (χ0) is 19.8. The third kappa shape index (κ3) is 3.38. The maximum absolute atomic E-state index is 12.8. The van der Waals surface area contributed by atoms with Crippen molar-refractivity contribution < 1.29 is 4.79 Å². The highest BCUT2D eigenvalue weighted by molar-refractivity contribution is 7.21. The maximum Gasteiger partial charge on any atom is 0.291 e. The summed E-state index contributed by atoms with van der Waals surface area (Å²) >= 11 is 13.7. The van der Waals surface area contributed by atoms with Crippen molar-refractivity contribution in [3.8, 4) is 0 Å². The van der Waals surface area contributed by atoms with Crippen molar-refractivity contribution in [1.82, 2.24) is 14.9 Å². The van der Waals surface area contributed by atoms with Crippen LogP contribution in [0.25, 0.3) is 4.83 Å². The van der Waals surface area contributed by atoms with E-state index in [1.54, 1.807) is 6.92 Å². The number of anilines is 1. The monoisotopic (exact) mass is 436 g/mol. The van der Waals surface area contributed by atoms with Crippen molar-refractivity contribution in [1.29, 1.82) is 0 Å². The van der Waals surface area contributed by atoms with Crippen molar-refractivity contribution in [2.24, 2.45) is 0 Å². The molecule has 1 aromatic carbocycles. The summed E-state index contributed by atoms with van der Waals surface area (Å²) in [6.07, 6.45) is 1.61. The van der Waals surface area contributed by atoms with Gasteiger partial charge in [-0.15, -0.1) is 5.10 Å². The molecule has 0 unspecified atom stereocenters. The number of nitrogens with zero attached hydrogens (tertiary/aromatic N) is 3. The van der Waals surface area contributed by atoms with Crippen molar-refractivity contribution in [3.05, 3.63) is 61.9 Å². The molecule has 1 N–H and O–H groups in total. The summed E-state index contributed by atoms with van der Waals surface area (Å²) in [5, 5.41) is 8.48. The van der Waals surface area contributed by atoms with Gasteiger partial charge in [0.2, 0.25) is 11.0 Å². The quantitative estimate of drug-likeness (QED) is 0.677. The summed E-state index contributed by atoms with van der Waals surface area (Å²) in [5.41, 5.74) is 1.19. The molecule has 4 rings (SSSR count). The maximum atomic E-state index is 12.8. The molecule has 9 heteroatoms. The lowest BCUT2D eigenvalue weighted by Crippen LogP contribution is -2.43. The largest absolute Gasteiger partial charge is 0.350 e. The van der Waals surface area contributed by atoms with Gasteiger partial charge < -0.3 is 10.2 Å². The van der Waals surface area contributed by atoms with Gasteiger partial charge in [-0.2, -0.15) is 4.52 Å². The molecule has 1 atom stereocenters. The molecule has 0 saturated carbocycles. The average Bonchev–Trinajstić information content (AvgIpc) is 3.37. The summed E-state index contributed by atoms with van der Waals surface area (Å²) in [5.74, 6) is -0.0479. The fraction of sp³-hybridized carbons (Fsp3) is 0.316. The van der Waals surface area contributed by atoms with Crippen LogP contribution in [0.1, 0.15) is 24.0 Å². The lowest BCUT2D eigenvalue weighted by molar-refractivity contribution is -0.122. The molecular formula is C19H18Cl2N4O2S. The second kappa shape index (κ2) is 7.73. The topological polar surface area (TPSA) is 66.7 Å². The number of hydrogen-bond donors (Lipinski definition) is 1. The normalized spacial score (nSPS) is 16.7. The van der Waals surface area contributed by atoms with Gasteiger partial charge in [0, 0.05) is 13.1 Å². The molecule has 6 nitrogen and oxygen atoms in total. The first kappa shape index (κ1) is 19.2. The highest BCUT2D eigenvalue weighted by Gasteiger charge is 2.33. The Kier molecular flexibility index (Phi) is 5.31. The minimum Gasteiger partial charge on any atom is -0.350 e. The van der Waals surface area contributed by atoms with E-state index in [4.69, 9.17) is 23.2 Å². The van der Waals surface area contributed by atoms with Crippen molar-refractivity contribution in [2.75, 3.05) is 11.4 Å². The molecule has 146 valence electrons. The third-order valence-electron chi connectivity index (χ3n) is 4.90. The summed E-state index contributed by atoms with van der Waals surface area (Å²) in [7, 11) is 0. The standard InChI is InChI=1S/C19H18Cl2N4O2S/c1-11-14(20)17(27)25-18(15(11)21)28-19(23-25)24-9-5-8-13(24)16(26)22-10-12-6-3-2-4-7-12/h2-4,6-7,13H,5,8-10H2,1H3,(H,22,26)/t13-/m1/s1. The van der Waals surface area contributed by atoms with E-state index >= 15 is 0 Å². The lowest BCUT2D eigenvalue weighted by atomic mass is 10.2. The summed E-state index contributed by atoms with van der Waals surface area (Å²) in [6, 6.07) is 9.45. The molecule has 0 radical (unpaired) electrons. The SMILES string of the molecule is Cc1c(Cl)c(=O)n2nc(N3CCC[C@@H]3C(=O)NCc3ccccc3)sc2c1Cl. The van der Waals surface area contributed by atoms with Crippen LogP contribution >= 0.6 is 34.5 Å². The number of halogens is 2. The van der Waals surface area contributed by atoms with Gasteiger partial charge in [0.25, 0.3) is 5.56 Å². The van der Waals surface area contributed by atoms with Crippen LogP contribution in [0, 0.1) is 6.92 Å². The van der Waals surface area contributed by atoms with Gasteiger partial charge in [-0.1, -0.05) is 64.9 Å². The van der Waals surface area contributed by atoms with Gasteiger partial charge >= 0.3 is 0 Å². The van der Waals surface area contributed by atoms with Crippen LogP contribution in [0.5, 0.6) is 0 Å². The van der Waals surface area contributed by atoms with E-state index in [2.05, 4.69) is 10.4 Å². The molecule has 2 aromatic heterocycles. The number of carbonyl (C=O) groups excluding carboxylic acids is 1. The minimum atomic E-state index is -0.398. The zero-order valence-electron chi connectivity index (χ0n) is 15.1. The predicted molar refractivity (Wildman–Crippen MR) is 113 cm³/mol. The van der Waals surface area contributed by atoms with Crippen LogP contribution in [0.2, 0.25) is 10.0 Å². The molecule has 3 heterocycles. The highest BCUT2D eigenvalue weighted by atomic mass is 35.5. The fourth-order valence-electron chi connectivity index (χ4n) is 3.35. The Hall–Kier alpha value is -2.09. The third-order valence-corrected chi connectivity index (χ3v) is 6.99. The molecule has 1 amide bonds. The number of pyridine rings is 1. The smallest absolute Gasteiger partial charge is 0.291 e. The van der Waals surface area contributed by atoms with Crippen LogP contribution in [-0.2, 0) is 11.3 Å². The molecule has 1 saturated heterocycles. The van der Waals surface area contributed by atoms with E-state index in [9.17, 15) is 9.59 Å². The molecule has 28 heavy (non-hydrogen) atoms. The van der Waals surface area contributed by atoms with Gasteiger partial charge in [0.15, 0.2) is 0 Å². The Morgan fingerprint density at radius 1 is 1.29 bits per heavy atom. The molecule has 0 spiro atoms. The fourth-order valence-corrected chi connectivity index (χ4v) is 4.95. The summed E-state index contributed by atoms with van der Waals surface area (Å²) < 4.78 is 1.23. The van der Waals surface area contributed by atoms with Gasteiger partial charge in [-0.3, -0.25) is 9.59 Å². The lowest BCUT2D eigenvalue weighted by Gasteiger charge is -2.22. The van der Waals surface area contributed by atoms with Crippen LogP contribution < -0.4 is 15.8 Å². The molecule has 3 aromatic rings. The van der Waals surface area contributed by atoms with Crippen LogP contribution in [0.15, 0.2) is 35.1 Å². The van der Waals surface area contributed by atoms with Gasteiger partial charge in [0.05, 0.1) is 5.02 Å². The van der Waals surface area contributed by atoms with Crippen molar-refractivity contribution in [3.63, 3.8) is 0 Å². The predicted octanol–water partition coefficient (Wildman–Crippen LogP) is 3.66. The first-order chi connectivity index (χ1) is 13.5. The number of rotatable bonds is 4. The second-order valence-corrected chi connectivity index (χ2v) is 8.43. The first-order valence-electron chi connectivity index (χ1n) is 8.93. The minimum absolute atomic E-state index is 0.0479. The number of carbonyl (C=O) groups is 1. The highest BCUT2D eigenvalue weighted by Crippen LogP contribution is 2.34. The Balaban J connectivity index is 1.60. The van der Waals surface area contributed by atoms with E-state index in [0.29, 0.717) is 33.6 Å². The number of aromatic nitrogens is 2. The zero-order valence-corrected chi connectivity index (χ0v) is 17.4. The molecule has 1 fully saturated rings. The number of fused-ring (bicyclic) bond motifs is 1. The van der Waals surface area contributed by atoms with Crippen LogP contribution in [0.4, 0.5) is 5.13 Å². The first-order valence-corrected chi connectivity index (χ1v) is 10.5. The van der Waals surface area contributed by atoms with E-state index in [0.717, 1.165) is 18.4 Å². The average molecular weight is 437 g/mol. The Labute approximate surface area is 175 Å². The van der Waals surface area contributed by atoms with E-state index in [1.165, 1.54) is 15.9 Å². The number of hydrogen-bond acceptors (Lipinski definition) is 5. The van der Waals surface area contributed by atoms with E-state index in [1.807, 2.05) is 35.2 Å². The van der Waals surface area contributed by atoms with Crippen LogP contribution in [-0.4, -0.2) is 28.1 Å². The number of benzene rings is 1. The molecule has 0 aliphatic carbocycles. The Morgan fingerprint density at radius 3 is 2.79 bits per heavy atom. The van der Waals surface area contributed by atoms with Gasteiger partial charge in [-0.25, -0.2) is 0 Å². The van der Waals surface area contributed by atoms with Gasteiger partial charge in [-0.05, 0) is 30.9 Å². The van der Waals surface area contributed by atoms with Crippen molar-refractivity contribution >= 4 is 50.4 Å². The van der Waals surface area contributed by atoms with Gasteiger partial charge in [0.1, 0.15) is 15.9 Å². The number of amides is 1. The molecular weight excluding hydrogens is 419 g/mol. The summed E-state index contributed by atoms with van der Waals surface area (Å²) in [4.78, 5) is 27.7. The van der Waals surface area contributed by atoms with Crippen molar-refractivity contribution in [2.45, 2.75) is 32.4 Å². The molecule has 0 bridgehead atoms. The Morgan fingerprint density at radius 2 is 2.04 bits per heavy atom. The van der Waals surface area contributed by atoms with E-state index < -0.39 is 5.56 Å². The van der Waals surface area contributed by atoms with E-state index in [-0.39, 0.29) is 17.0 Å². The molecule has 1 aliphatic rings. The summed E-state index contributed by atoms with van der Waals surface area (Å²) in [6.45, 7) is 2.88.